The molecule has 0 aliphatic rings. The van der Waals surface area contributed by atoms with Gasteiger partial charge in [0.25, 0.3) is 5.91 Å². The van der Waals surface area contributed by atoms with Crippen LogP contribution in [0.4, 0.5) is 16.2 Å². The summed E-state index contributed by atoms with van der Waals surface area (Å²) in [4.78, 5) is 28.2. The number of nitrogens with one attached hydrogen (secondary N) is 4. The third-order valence-electron chi connectivity index (χ3n) is 5.02. The summed E-state index contributed by atoms with van der Waals surface area (Å²) in [6, 6.07) is 15.4. The summed E-state index contributed by atoms with van der Waals surface area (Å²) in [7, 11) is -2.13. The van der Waals surface area contributed by atoms with E-state index in [1.165, 1.54) is 35.7 Å². The number of hydrogen-bond acceptors (Lipinski definition) is 7. The topological polar surface area (TPSA) is 142 Å². The van der Waals surface area contributed by atoms with Crippen LogP contribution in [0.15, 0.2) is 71.8 Å². The summed E-state index contributed by atoms with van der Waals surface area (Å²) < 4.78 is 32.6. The highest BCUT2D eigenvalue weighted by Gasteiger charge is 2.21. The Balaban J connectivity index is 1.62. The average molecular weight is 513 g/mol. The fourth-order valence-corrected chi connectivity index (χ4v) is 4.74. The molecule has 3 amide bonds. The minimum absolute atomic E-state index is 0.0949. The SMILES string of the molecule is CCN(CC)S(=O)(=O)c1cccc(NC(=O)NNc2cccc(Oc3ccnc(C(=O)NC)c3)c2)c1. The fraction of sp³-hybridized carbons (Fsp3) is 0.208. The minimum atomic E-state index is -3.65. The number of benzene rings is 2. The van der Waals surface area contributed by atoms with Crippen molar-refractivity contribution in [3.63, 3.8) is 0 Å². The lowest BCUT2D eigenvalue weighted by Gasteiger charge is -2.19. The zero-order chi connectivity index (χ0) is 26.1. The lowest BCUT2D eigenvalue weighted by atomic mass is 10.3. The van der Waals surface area contributed by atoms with Crippen LogP contribution in [-0.2, 0) is 10.0 Å². The highest BCUT2D eigenvalue weighted by molar-refractivity contribution is 7.89. The van der Waals surface area contributed by atoms with Gasteiger partial charge in [-0.1, -0.05) is 26.0 Å². The molecule has 0 saturated carbocycles. The van der Waals surface area contributed by atoms with Crippen molar-refractivity contribution in [1.82, 2.24) is 20.0 Å². The number of urea groups is 1. The van der Waals surface area contributed by atoms with Gasteiger partial charge in [-0.2, -0.15) is 4.31 Å². The van der Waals surface area contributed by atoms with Gasteiger partial charge in [-0.3, -0.25) is 20.6 Å². The number of pyridine rings is 1. The van der Waals surface area contributed by atoms with Crippen molar-refractivity contribution in [2.24, 2.45) is 0 Å². The van der Waals surface area contributed by atoms with Gasteiger partial charge in [0.1, 0.15) is 17.2 Å². The Morgan fingerprint density at radius 2 is 1.64 bits per heavy atom. The molecule has 3 rings (SSSR count). The van der Waals surface area contributed by atoms with Crippen molar-refractivity contribution in [3.8, 4) is 11.5 Å². The molecule has 11 nitrogen and oxygen atoms in total. The number of hydrazine groups is 1. The Kier molecular flexibility index (Phi) is 8.81. The molecular weight excluding hydrogens is 484 g/mol. The van der Waals surface area contributed by atoms with E-state index < -0.39 is 16.1 Å². The number of carbonyl (C=O) groups excluding carboxylic acids is 2. The summed E-state index contributed by atoms with van der Waals surface area (Å²) in [5.74, 6) is 0.554. The number of amides is 3. The Hall–Kier alpha value is -4.16. The van der Waals surface area contributed by atoms with Crippen LogP contribution in [0.5, 0.6) is 11.5 Å². The monoisotopic (exact) mass is 512 g/mol. The van der Waals surface area contributed by atoms with Gasteiger partial charge in [0.2, 0.25) is 10.0 Å². The smallest absolute Gasteiger partial charge is 0.337 e. The Labute approximate surface area is 209 Å². The molecule has 0 spiro atoms. The second-order valence-corrected chi connectivity index (χ2v) is 9.35. The first-order valence-electron chi connectivity index (χ1n) is 11.2. The fourth-order valence-electron chi connectivity index (χ4n) is 3.24. The molecule has 2 aromatic carbocycles. The largest absolute Gasteiger partial charge is 0.457 e. The molecule has 1 heterocycles. The summed E-state index contributed by atoms with van der Waals surface area (Å²) in [6.07, 6.45) is 1.47. The van der Waals surface area contributed by atoms with Crippen molar-refractivity contribution in [3.05, 3.63) is 72.6 Å². The summed E-state index contributed by atoms with van der Waals surface area (Å²) >= 11 is 0. The summed E-state index contributed by atoms with van der Waals surface area (Å²) in [5, 5.41) is 5.11. The molecule has 190 valence electrons. The normalized spacial score (nSPS) is 11.0. The molecule has 3 aromatic rings. The van der Waals surface area contributed by atoms with Crippen LogP contribution in [0, 0.1) is 0 Å². The molecule has 0 fully saturated rings. The van der Waals surface area contributed by atoms with E-state index in [0.717, 1.165) is 0 Å². The molecule has 0 aliphatic heterocycles. The lowest BCUT2D eigenvalue weighted by molar-refractivity contribution is 0.0957. The van der Waals surface area contributed by atoms with E-state index in [-0.39, 0.29) is 16.5 Å². The van der Waals surface area contributed by atoms with Crippen LogP contribution < -0.4 is 26.2 Å². The third-order valence-corrected chi connectivity index (χ3v) is 7.06. The van der Waals surface area contributed by atoms with E-state index in [2.05, 4.69) is 26.5 Å². The maximum absolute atomic E-state index is 12.7. The summed E-state index contributed by atoms with van der Waals surface area (Å²) in [5.41, 5.74) is 6.33. The maximum Gasteiger partial charge on any atom is 0.337 e. The minimum Gasteiger partial charge on any atom is -0.457 e. The molecule has 1 aromatic heterocycles. The third kappa shape index (κ3) is 6.71. The van der Waals surface area contributed by atoms with E-state index >= 15 is 0 Å². The Morgan fingerprint density at radius 1 is 0.944 bits per heavy atom. The molecular formula is C24H28N6O5S. The maximum atomic E-state index is 12.7. The van der Waals surface area contributed by atoms with Gasteiger partial charge in [0, 0.05) is 44.2 Å². The van der Waals surface area contributed by atoms with E-state index in [4.69, 9.17) is 4.74 Å². The van der Waals surface area contributed by atoms with Gasteiger partial charge in [0.15, 0.2) is 0 Å². The first-order valence-corrected chi connectivity index (χ1v) is 12.6. The number of anilines is 2. The average Bonchev–Trinajstić information content (AvgIpc) is 2.88. The predicted molar refractivity (Wildman–Crippen MR) is 136 cm³/mol. The van der Waals surface area contributed by atoms with E-state index in [9.17, 15) is 18.0 Å². The van der Waals surface area contributed by atoms with Crippen LogP contribution in [-0.4, -0.2) is 49.8 Å². The molecule has 0 atom stereocenters. The molecule has 12 heteroatoms. The quantitative estimate of drug-likeness (QED) is 0.305. The van der Waals surface area contributed by atoms with E-state index in [1.54, 1.807) is 56.3 Å². The highest BCUT2D eigenvalue weighted by atomic mass is 32.2. The number of nitrogens with zero attached hydrogens (tertiary/aromatic N) is 2. The highest BCUT2D eigenvalue weighted by Crippen LogP contribution is 2.24. The first-order chi connectivity index (χ1) is 17.3. The molecule has 0 bridgehead atoms. The van der Waals surface area contributed by atoms with Gasteiger partial charge in [0.05, 0.1) is 10.6 Å². The Morgan fingerprint density at radius 3 is 2.36 bits per heavy atom. The lowest BCUT2D eigenvalue weighted by Crippen LogP contribution is -2.33. The van der Waals surface area contributed by atoms with Crippen LogP contribution in [0.1, 0.15) is 24.3 Å². The van der Waals surface area contributed by atoms with Crippen molar-refractivity contribution in [2.75, 3.05) is 30.9 Å². The molecule has 36 heavy (non-hydrogen) atoms. The van der Waals surface area contributed by atoms with Crippen molar-refractivity contribution >= 4 is 33.3 Å². The van der Waals surface area contributed by atoms with E-state index in [0.29, 0.717) is 36.0 Å². The van der Waals surface area contributed by atoms with Gasteiger partial charge < -0.3 is 15.4 Å². The predicted octanol–water partition coefficient (Wildman–Crippen LogP) is 3.41. The molecule has 0 aliphatic carbocycles. The van der Waals surface area contributed by atoms with Gasteiger partial charge >= 0.3 is 6.03 Å². The number of carbonyl (C=O) groups is 2. The van der Waals surface area contributed by atoms with Crippen LogP contribution in [0.25, 0.3) is 0 Å². The number of hydrogen-bond donors (Lipinski definition) is 4. The van der Waals surface area contributed by atoms with Crippen LogP contribution >= 0.6 is 0 Å². The van der Waals surface area contributed by atoms with Crippen LogP contribution in [0.2, 0.25) is 0 Å². The molecule has 0 unspecified atom stereocenters. The Bertz CT molecular complexity index is 1330. The zero-order valence-electron chi connectivity index (χ0n) is 20.1. The second-order valence-electron chi connectivity index (χ2n) is 7.41. The molecule has 0 saturated heterocycles. The van der Waals surface area contributed by atoms with E-state index in [1.807, 2.05) is 0 Å². The van der Waals surface area contributed by atoms with Gasteiger partial charge in [-0.05, 0) is 36.4 Å². The first kappa shape index (κ1) is 26.4. The number of sulfonamides is 1. The second kappa shape index (κ2) is 12.0. The number of rotatable bonds is 10. The summed E-state index contributed by atoms with van der Waals surface area (Å²) in [6.45, 7) is 4.23. The molecule has 0 radical (unpaired) electrons. The van der Waals surface area contributed by atoms with Gasteiger partial charge in [-0.25, -0.2) is 13.2 Å². The zero-order valence-corrected chi connectivity index (χ0v) is 20.9. The number of ether oxygens (including phenoxy) is 1. The number of aromatic nitrogens is 1. The van der Waals surface area contributed by atoms with Crippen molar-refractivity contribution < 1.29 is 22.7 Å². The standard InChI is InChI=1S/C24H28N6O5S/c1-4-30(5-2)36(33,34)21-11-7-8-17(15-21)27-24(32)29-28-18-9-6-10-19(14-18)35-20-12-13-26-22(16-20)23(31)25-3/h6-16,28H,4-5H2,1-3H3,(H,25,31)(H2,27,29,32). The van der Waals surface area contributed by atoms with Crippen molar-refractivity contribution in [1.29, 1.82) is 0 Å². The van der Waals surface area contributed by atoms with Crippen LogP contribution in [0.3, 0.4) is 0 Å². The van der Waals surface area contributed by atoms with Crippen molar-refractivity contribution in [2.45, 2.75) is 18.7 Å². The molecule has 4 N–H and O–H groups in total. The van der Waals surface area contributed by atoms with Gasteiger partial charge in [-0.15, -0.1) is 0 Å².